The Morgan fingerprint density at radius 2 is 1.94 bits per heavy atom. The van der Waals surface area contributed by atoms with E-state index in [1.165, 1.54) is 24.4 Å². The van der Waals surface area contributed by atoms with Crippen LogP contribution in [0.15, 0.2) is 59.8 Å². The number of hydrogen-bond acceptors (Lipinski definition) is 6. The van der Waals surface area contributed by atoms with E-state index in [-0.39, 0.29) is 16.4 Å². The number of carbonyl (C=O) groups is 1. The van der Waals surface area contributed by atoms with Gasteiger partial charge >= 0.3 is 0 Å². The summed E-state index contributed by atoms with van der Waals surface area (Å²) in [6.45, 7) is 5.34. The summed E-state index contributed by atoms with van der Waals surface area (Å²) >= 11 is 0. The number of aromatic nitrogens is 2. The summed E-state index contributed by atoms with van der Waals surface area (Å²) in [5, 5.41) is 13.6. The monoisotopic (exact) mass is 470 g/mol. The Balaban J connectivity index is 1.69. The third-order valence-electron chi connectivity index (χ3n) is 5.66. The largest absolute Gasteiger partial charge is 0.485 e. The van der Waals surface area contributed by atoms with Gasteiger partial charge in [0.05, 0.1) is 10.9 Å². The molecule has 0 bridgehead atoms. The molecule has 3 aromatic rings. The van der Waals surface area contributed by atoms with Crippen LogP contribution in [0, 0.1) is 0 Å². The van der Waals surface area contributed by atoms with Gasteiger partial charge in [-0.25, -0.2) is 18.1 Å². The van der Waals surface area contributed by atoms with Crippen LogP contribution >= 0.6 is 0 Å². The van der Waals surface area contributed by atoms with Gasteiger partial charge in [-0.3, -0.25) is 10.1 Å². The van der Waals surface area contributed by atoms with Gasteiger partial charge in [-0.2, -0.15) is 0 Å². The molecule has 1 amide bonds. The summed E-state index contributed by atoms with van der Waals surface area (Å²) in [5.74, 6) is 0.223. The molecule has 4 N–H and O–H groups in total. The molecule has 1 aliphatic rings. The number of imidazole rings is 1. The summed E-state index contributed by atoms with van der Waals surface area (Å²) in [4.78, 5) is 19.5. The second-order valence-corrected chi connectivity index (χ2v) is 10.1. The third kappa shape index (κ3) is 4.63. The molecule has 2 heterocycles. The Morgan fingerprint density at radius 3 is 2.58 bits per heavy atom. The van der Waals surface area contributed by atoms with Crippen LogP contribution in [-0.4, -0.2) is 41.1 Å². The fourth-order valence-electron chi connectivity index (χ4n) is 3.72. The van der Waals surface area contributed by atoms with Crippen molar-refractivity contribution < 1.29 is 23.1 Å². The fraction of sp³-hybridized carbons (Fsp3) is 0.304. The molecule has 33 heavy (non-hydrogen) atoms. The highest BCUT2D eigenvalue weighted by Crippen LogP contribution is 2.41. The highest BCUT2D eigenvalue weighted by atomic mass is 32.2. The molecule has 10 heteroatoms. The lowest BCUT2D eigenvalue weighted by Gasteiger charge is -2.42. The quantitative estimate of drug-likeness (QED) is 0.438. The average molecular weight is 471 g/mol. The first-order valence-electron chi connectivity index (χ1n) is 10.5. The number of aryl methyl sites for hydroxylation is 1. The molecule has 1 aromatic heterocycles. The molecule has 2 atom stereocenters. The molecule has 0 saturated carbocycles. The summed E-state index contributed by atoms with van der Waals surface area (Å²) in [6.07, 6.45) is 2.66. The van der Waals surface area contributed by atoms with Crippen LogP contribution in [0.4, 0.5) is 5.95 Å². The van der Waals surface area contributed by atoms with E-state index in [9.17, 15) is 18.3 Å². The minimum atomic E-state index is -3.97. The Morgan fingerprint density at radius 1 is 1.21 bits per heavy atom. The number of rotatable bonds is 6. The highest BCUT2D eigenvalue weighted by molar-refractivity contribution is 7.89. The predicted molar refractivity (Wildman–Crippen MR) is 123 cm³/mol. The molecule has 1 aliphatic heterocycles. The normalized spacial score (nSPS) is 19.4. The molecular formula is C23H26N4O5S. The van der Waals surface area contributed by atoms with Crippen molar-refractivity contribution in [3.05, 3.63) is 71.5 Å². The Hall–Kier alpha value is -3.21. The number of anilines is 1. The molecule has 0 fully saturated rings. The van der Waals surface area contributed by atoms with Gasteiger partial charge in [0.1, 0.15) is 17.5 Å². The first kappa shape index (κ1) is 23.0. The van der Waals surface area contributed by atoms with Crippen LogP contribution in [0.5, 0.6) is 5.75 Å². The maximum atomic E-state index is 13.1. The summed E-state index contributed by atoms with van der Waals surface area (Å²) in [6, 6.07) is 10.2. The van der Waals surface area contributed by atoms with Gasteiger partial charge in [-0.1, -0.05) is 19.1 Å². The highest BCUT2D eigenvalue weighted by Gasteiger charge is 2.44. The maximum absolute atomic E-state index is 13.1. The van der Waals surface area contributed by atoms with E-state index < -0.39 is 33.7 Å². The van der Waals surface area contributed by atoms with Crippen LogP contribution in [-0.2, 0) is 16.4 Å². The number of sulfonamides is 1. The van der Waals surface area contributed by atoms with E-state index in [1.54, 1.807) is 44.3 Å². The zero-order chi connectivity index (χ0) is 23.8. The lowest BCUT2D eigenvalue weighted by Crippen LogP contribution is -2.53. The number of nitrogens with one attached hydrogen (secondary N) is 3. The van der Waals surface area contributed by atoms with E-state index in [0.717, 1.165) is 12.0 Å². The Bertz CT molecular complexity index is 1250. The van der Waals surface area contributed by atoms with Crippen molar-refractivity contribution in [2.24, 2.45) is 0 Å². The molecule has 2 aromatic carbocycles. The van der Waals surface area contributed by atoms with Gasteiger partial charge in [-0.15, -0.1) is 0 Å². The van der Waals surface area contributed by atoms with Crippen LogP contribution in [0.2, 0.25) is 0 Å². The van der Waals surface area contributed by atoms with Crippen LogP contribution in [0.3, 0.4) is 0 Å². The van der Waals surface area contributed by atoms with Gasteiger partial charge in [0, 0.05) is 23.5 Å². The summed E-state index contributed by atoms with van der Waals surface area (Å²) in [5.41, 5.74) is 0.572. The van der Waals surface area contributed by atoms with Crippen LogP contribution in [0.1, 0.15) is 48.3 Å². The number of aliphatic hydroxyl groups excluding tert-OH is 1. The molecule has 4 rings (SSSR count). The number of hydrogen-bond donors (Lipinski definition) is 4. The first-order valence-corrected chi connectivity index (χ1v) is 12.0. The predicted octanol–water partition coefficient (Wildman–Crippen LogP) is 2.78. The molecule has 9 nitrogen and oxygen atoms in total. The Kier molecular flexibility index (Phi) is 6.00. The lowest BCUT2D eigenvalue weighted by molar-refractivity contribution is -0.0603. The van der Waals surface area contributed by atoms with Gasteiger partial charge in [-0.05, 0) is 56.2 Å². The number of H-pyrrole nitrogens is 1. The molecule has 0 aliphatic carbocycles. The topological polar surface area (TPSA) is 133 Å². The molecule has 0 saturated heterocycles. The Labute approximate surface area is 192 Å². The van der Waals surface area contributed by atoms with Crippen molar-refractivity contribution in [2.45, 2.75) is 49.8 Å². The van der Waals surface area contributed by atoms with E-state index in [2.05, 4.69) is 20.0 Å². The zero-order valence-corrected chi connectivity index (χ0v) is 19.3. The van der Waals surface area contributed by atoms with Crippen LogP contribution in [0.25, 0.3) is 0 Å². The molecule has 0 spiro atoms. The second kappa shape index (κ2) is 8.62. The fourth-order valence-corrected chi connectivity index (χ4v) is 4.94. The van der Waals surface area contributed by atoms with E-state index in [4.69, 9.17) is 4.74 Å². The van der Waals surface area contributed by atoms with Crippen LogP contribution < -0.4 is 14.8 Å². The zero-order valence-electron chi connectivity index (χ0n) is 18.5. The summed E-state index contributed by atoms with van der Waals surface area (Å²) in [7, 11) is -3.97. The molecular weight excluding hydrogens is 444 g/mol. The molecule has 0 unspecified atom stereocenters. The minimum absolute atomic E-state index is 0.0875. The number of benzene rings is 2. The van der Waals surface area contributed by atoms with Crippen molar-refractivity contribution in [1.82, 2.24) is 14.7 Å². The average Bonchev–Trinajstić information content (AvgIpc) is 3.29. The van der Waals surface area contributed by atoms with E-state index in [1.807, 2.05) is 6.92 Å². The maximum Gasteiger partial charge on any atom is 0.257 e. The number of nitrogens with zero attached hydrogens (tertiary/aromatic N) is 1. The number of ether oxygens (including phenoxy) is 1. The smallest absolute Gasteiger partial charge is 0.257 e. The standard InChI is InChI=1S/C23H26N4O5S/c1-4-14-5-8-16(9-6-14)33(30,31)27-19-17-13-15(21(29)26-22-24-11-12-25-22)7-10-18(17)32-23(2,3)20(19)28/h5-13,19-20,27-28H,4H2,1-3H3,(H2,24,25,26,29)/t19-,20+/m1/s1. The number of carbonyl (C=O) groups excluding carboxylic acids is 1. The van der Waals surface area contributed by atoms with Gasteiger partial charge in [0.25, 0.3) is 5.91 Å². The number of aliphatic hydroxyl groups is 1. The second-order valence-electron chi connectivity index (χ2n) is 8.39. The van der Waals surface area contributed by atoms with Crippen molar-refractivity contribution in [2.75, 3.05) is 5.32 Å². The third-order valence-corrected chi connectivity index (χ3v) is 7.12. The van der Waals surface area contributed by atoms with E-state index >= 15 is 0 Å². The van der Waals surface area contributed by atoms with Crippen molar-refractivity contribution in [3.8, 4) is 5.75 Å². The number of amides is 1. The molecule has 0 radical (unpaired) electrons. The van der Waals surface area contributed by atoms with Gasteiger partial charge in [0.15, 0.2) is 0 Å². The summed E-state index contributed by atoms with van der Waals surface area (Å²) < 4.78 is 34.8. The van der Waals surface area contributed by atoms with Crippen molar-refractivity contribution in [3.63, 3.8) is 0 Å². The lowest BCUT2D eigenvalue weighted by atomic mass is 9.86. The SMILES string of the molecule is CCc1ccc(S(=O)(=O)N[C@@H]2c3cc(C(=O)Nc4ncc[nH]4)ccc3OC(C)(C)[C@H]2O)cc1. The molecule has 174 valence electrons. The van der Waals surface area contributed by atoms with Crippen molar-refractivity contribution in [1.29, 1.82) is 0 Å². The van der Waals surface area contributed by atoms with E-state index in [0.29, 0.717) is 11.3 Å². The minimum Gasteiger partial charge on any atom is -0.485 e. The number of aromatic amines is 1. The van der Waals surface area contributed by atoms with Crippen molar-refractivity contribution >= 4 is 21.9 Å². The number of fused-ring (bicyclic) bond motifs is 1. The first-order chi connectivity index (χ1) is 15.6. The van der Waals surface area contributed by atoms with Gasteiger partial charge in [0.2, 0.25) is 16.0 Å². The van der Waals surface area contributed by atoms with Gasteiger partial charge < -0.3 is 14.8 Å².